The average Bonchev–Trinajstić information content (AvgIpc) is 2.36. The summed E-state index contributed by atoms with van der Waals surface area (Å²) < 4.78 is 32.6. The van der Waals surface area contributed by atoms with Gasteiger partial charge < -0.3 is 10.1 Å². The summed E-state index contributed by atoms with van der Waals surface area (Å²) in [7, 11) is 1.79. The first-order chi connectivity index (χ1) is 9.10. The van der Waals surface area contributed by atoms with Crippen LogP contribution >= 0.6 is 15.9 Å². The second-order valence-corrected chi connectivity index (χ2v) is 4.83. The minimum Gasteiger partial charge on any atom is -0.453 e. The molecule has 100 valence electrons. The van der Waals surface area contributed by atoms with Gasteiger partial charge in [0.15, 0.2) is 11.6 Å². The van der Waals surface area contributed by atoms with Crippen LogP contribution < -0.4 is 10.1 Å². The van der Waals surface area contributed by atoms with E-state index < -0.39 is 5.82 Å². The predicted octanol–water partition coefficient (Wildman–Crippen LogP) is 4.24. The number of benzene rings is 2. The third-order valence-corrected chi connectivity index (χ3v) is 3.11. The molecule has 0 unspecified atom stereocenters. The molecule has 0 aliphatic rings. The van der Waals surface area contributed by atoms with Crippen molar-refractivity contribution in [2.75, 3.05) is 7.05 Å². The van der Waals surface area contributed by atoms with Crippen molar-refractivity contribution in [2.45, 2.75) is 6.54 Å². The molecule has 0 fully saturated rings. The van der Waals surface area contributed by atoms with Crippen LogP contribution in [0.25, 0.3) is 0 Å². The van der Waals surface area contributed by atoms with Crippen molar-refractivity contribution < 1.29 is 13.5 Å². The minimum atomic E-state index is -0.455. The summed E-state index contributed by atoms with van der Waals surface area (Å²) in [5, 5.41) is 2.94. The molecule has 2 nitrogen and oxygen atoms in total. The molecule has 0 aromatic heterocycles. The molecule has 0 bridgehead atoms. The van der Waals surface area contributed by atoms with E-state index in [0.29, 0.717) is 16.8 Å². The summed E-state index contributed by atoms with van der Waals surface area (Å²) >= 11 is 3.17. The van der Waals surface area contributed by atoms with Crippen molar-refractivity contribution in [2.24, 2.45) is 0 Å². The van der Waals surface area contributed by atoms with E-state index in [1.807, 2.05) is 0 Å². The molecule has 0 saturated heterocycles. The van der Waals surface area contributed by atoms with Gasteiger partial charge in [0.2, 0.25) is 0 Å². The summed E-state index contributed by atoms with van der Waals surface area (Å²) in [5.74, 6) is -0.373. The lowest BCUT2D eigenvalue weighted by Gasteiger charge is -2.09. The number of hydrogen-bond donors (Lipinski definition) is 1. The van der Waals surface area contributed by atoms with Crippen molar-refractivity contribution >= 4 is 15.9 Å². The van der Waals surface area contributed by atoms with Crippen molar-refractivity contribution in [1.82, 2.24) is 5.32 Å². The second-order valence-electron chi connectivity index (χ2n) is 3.97. The Morgan fingerprint density at radius 3 is 2.47 bits per heavy atom. The van der Waals surface area contributed by atoms with Crippen LogP contribution in [0.4, 0.5) is 8.78 Å². The molecule has 0 atom stereocenters. The summed E-state index contributed by atoms with van der Waals surface area (Å²) in [5.41, 5.74) is 0.825. The van der Waals surface area contributed by atoms with E-state index in [1.54, 1.807) is 19.2 Å². The molecule has 19 heavy (non-hydrogen) atoms. The first-order valence-corrected chi connectivity index (χ1v) is 6.45. The highest BCUT2D eigenvalue weighted by atomic mass is 79.9. The Morgan fingerprint density at radius 2 is 1.84 bits per heavy atom. The highest BCUT2D eigenvalue weighted by molar-refractivity contribution is 9.10. The van der Waals surface area contributed by atoms with Crippen LogP contribution in [0.2, 0.25) is 0 Å². The Morgan fingerprint density at radius 1 is 1.11 bits per heavy atom. The highest BCUT2D eigenvalue weighted by Crippen LogP contribution is 2.31. The Bertz CT molecular complexity index is 590. The molecule has 0 aliphatic heterocycles. The molecule has 1 N–H and O–H groups in total. The largest absolute Gasteiger partial charge is 0.453 e. The molecule has 2 aromatic carbocycles. The zero-order valence-electron chi connectivity index (χ0n) is 10.2. The molecule has 0 spiro atoms. The van der Waals surface area contributed by atoms with Crippen LogP contribution in [0, 0.1) is 11.6 Å². The van der Waals surface area contributed by atoms with Gasteiger partial charge in [0.25, 0.3) is 0 Å². The quantitative estimate of drug-likeness (QED) is 0.906. The summed E-state index contributed by atoms with van der Waals surface area (Å²) in [4.78, 5) is 0. The van der Waals surface area contributed by atoms with E-state index in [1.165, 1.54) is 24.3 Å². The molecule has 5 heteroatoms. The zero-order chi connectivity index (χ0) is 13.8. The van der Waals surface area contributed by atoms with Gasteiger partial charge in [-0.25, -0.2) is 8.78 Å². The lowest BCUT2D eigenvalue weighted by molar-refractivity contribution is 0.438. The third-order valence-electron chi connectivity index (χ3n) is 2.49. The van der Waals surface area contributed by atoms with Gasteiger partial charge in [0.1, 0.15) is 11.6 Å². The smallest absolute Gasteiger partial charge is 0.166 e. The van der Waals surface area contributed by atoms with Gasteiger partial charge in [-0.1, -0.05) is 6.07 Å². The number of ether oxygens (including phenoxy) is 1. The van der Waals surface area contributed by atoms with Gasteiger partial charge in [-0.3, -0.25) is 0 Å². The average molecular weight is 328 g/mol. The summed E-state index contributed by atoms with van der Waals surface area (Å²) in [6.45, 7) is 0.581. The first kappa shape index (κ1) is 14.0. The summed E-state index contributed by atoms with van der Waals surface area (Å²) in [6, 6.07) is 8.70. The molecular formula is C14H12BrF2NO. The molecule has 0 radical (unpaired) electrons. The summed E-state index contributed by atoms with van der Waals surface area (Å²) in [6.07, 6.45) is 0. The standard InChI is InChI=1S/C14H12BrF2NO/c1-18-8-9-2-4-14(12(17)6-9)19-13-5-3-10(16)7-11(13)15/h2-7,18H,8H2,1H3. The number of nitrogens with one attached hydrogen (secondary N) is 1. The van der Waals surface area contributed by atoms with Gasteiger partial charge in [0, 0.05) is 6.54 Å². The van der Waals surface area contributed by atoms with Gasteiger partial charge in [-0.2, -0.15) is 0 Å². The molecular weight excluding hydrogens is 316 g/mol. The molecule has 2 aromatic rings. The maximum atomic E-state index is 13.8. The Labute approximate surface area is 118 Å². The van der Waals surface area contributed by atoms with Crippen LogP contribution in [0.1, 0.15) is 5.56 Å². The Kier molecular flexibility index (Phi) is 4.50. The van der Waals surface area contributed by atoms with E-state index in [-0.39, 0.29) is 11.6 Å². The number of rotatable bonds is 4. The molecule has 0 aliphatic carbocycles. The zero-order valence-corrected chi connectivity index (χ0v) is 11.8. The lowest BCUT2D eigenvalue weighted by Crippen LogP contribution is -2.05. The minimum absolute atomic E-state index is 0.104. The molecule has 0 amide bonds. The Hall–Kier alpha value is -1.46. The normalized spacial score (nSPS) is 10.5. The number of halogens is 3. The fourth-order valence-corrected chi connectivity index (χ4v) is 2.05. The molecule has 2 rings (SSSR count). The second kappa shape index (κ2) is 6.12. The topological polar surface area (TPSA) is 21.3 Å². The van der Waals surface area contributed by atoms with Crippen molar-refractivity contribution in [3.05, 3.63) is 58.1 Å². The van der Waals surface area contributed by atoms with E-state index in [9.17, 15) is 8.78 Å². The predicted molar refractivity (Wildman–Crippen MR) is 73.3 cm³/mol. The third kappa shape index (κ3) is 3.52. The van der Waals surface area contributed by atoms with Crippen LogP contribution in [0.5, 0.6) is 11.5 Å². The van der Waals surface area contributed by atoms with E-state index >= 15 is 0 Å². The van der Waals surface area contributed by atoms with Crippen LogP contribution in [0.3, 0.4) is 0 Å². The number of hydrogen-bond acceptors (Lipinski definition) is 2. The van der Waals surface area contributed by atoms with Crippen molar-refractivity contribution in [3.8, 4) is 11.5 Å². The van der Waals surface area contributed by atoms with E-state index in [4.69, 9.17) is 4.74 Å². The fraction of sp³-hybridized carbons (Fsp3) is 0.143. The van der Waals surface area contributed by atoms with Gasteiger partial charge in [-0.15, -0.1) is 0 Å². The highest BCUT2D eigenvalue weighted by Gasteiger charge is 2.09. The van der Waals surface area contributed by atoms with Crippen molar-refractivity contribution in [3.63, 3.8) is 0 Å². The maximum Gasteiger partial charge on any atom is 0.166 e. The molecule has 0 heterocycles. The first-order valence-electron chi connectivity index (χ1n) is 5.66. The van der Waals surface area contributed by atoms with Crippen LogP contribution in [0.15, 0.2) is 40.9 Å². The maximum absolute atomic E-state index is 13.8. The van der Waals surface area contributed by atoms with Gasteiger partial charge >= 0.3 is 0 Å². The molecule has 0 saturated carbocycles. The Balaban J connectivity index is 2.23. The van der Waals surface area contributed by atoms with Crippen LogP contribution in [-0.4, -0.2) is 7.05 Å². The van der Waals surface area contributed by atoms with E-state index in [0.717, 1.165) is 5.56 Å². The van der Waals surface area contributed by atoms with E-state index in [2.05, 4.69) is 21.2 Å². The monoisotopic (exact) mass is 327 g/mol. The van der Waals surface area contributed by atoms with Crippen molar-refractivity contribution in [1.29, 1.82) is 0 Å². The van der Waals surface area contributed by atoms with Crippen LogP contribution in [-0.2, 0) is 6.54 Å². The fourth-order valence-electron chi connectivity index (χ4n) is 1.62. The SMILES string of the molecule is CNCc1ccc(Oc2ccc(F)cc2Br)c(F)c1. The lowest BCUT2D eigenvalue weighted by atomic mass is 10.2. The van der Waals surface area contributed by atoms with Gasteiger partial charge in [-0.05, 0) is 58.9 Å². The van der Waals surface area contributed by atoms with Gasteiger partial charge in [0.05, 0.1) is 4.47 Å².